The van der Waals surface area contributed by atoms with Gasteiger partial charge < -0.3 is 10.2 Å². The van der Waals surface area contributed by atoms with Gasteiger partial charge in [-0.05, 0) is 12.1 Å². The zero-order chi connectivity index (χ0) is 13.0. The van der Waals surface area contributed by atoms with Gasteiger partial charge in [-0.25, -0.2) is 0 Å². The van der Waals surface area contributed by atoms with Gasteiger partial charge in [0.05, 0.1) is 11.3 Å². The molecule has 0 aromatic heterocycles. The number of carboxylic acid groups (broad SMARTS) is 1. The Morgan fingerprint density at radius 2 is 1.94 bits per heavy atom. The zero-order valence-electron chi connectivity index (χ0n) is 8.62. The molecule has 0 saturated carbocycles. The van der Waals surface area contributed by atoms with Crippen LogP contribution in [0.2, 0.25) is 0 Å². The monoisotopic (exact) mass is 239 g/mol. The Kier molecular flexibility index (Phi) is 3.76. The first-order valence-electron chi connectivity index (χ1n) is 4.64. The molecular formula is C10H9NO6. The highest BCUT2D eigenvalue weighted by molar-refractivity contribution is 5.98. The molecule has 0 aliphatic heterocycles. The van der Waals surface area contributed by atoms with Gasteiger partial charge >= 0.3 is 11.7 Å². The highest BCUT2D eigenvalue weighted by Crippen LogP contribution is 2.26. The van der Waals surface area contributed by atoms with E-state index in [1.807, 2.05) is 0 Å². The molecule has 17 heavy (non-hydrogen) atoms. The number of nitrogens with zero attached hydrogens (tertiary/aromatic N) is 1. The van der Waals surface area contributed by atoms with E-state index in [0.717, 1.165) is 12.1 Å². The number of rotatable bonds is 5. The summed E-state index contributed by atoms with van der Waals surface area (Å²) in [5, 5.41) is 28.1. The number of ketones is 1. The van der Waals surface area contributed by atoms with Gasteiger partial charge in [0.25, 0.3) is 0 Å². The van der Waals surface area contributed by atoms with Crippen LogP contribution in [-0.2, 0) is 4.79 Å². The topological polar surface area (TPSA) is 118 Å². The summed E-state index contributed by atoms with van der Waals surface area (Å²) >= 11 is 0. The molecule has 1 aromatic carbocycles. The second kappa shape index (κ2) is 5.06. The van der Waals surface area contributed by atoms with E-state index in [1.54, 1.807) is 0 Å². The van der Waals surface area contributed by atoms with Gasteiger partial charge in [-0.3, -0.25) is 19.7 Å². The smallest absolute Gasteiger partial charge is 0.311 e. The SMILES string of the molecule is O=C(O)CCC(=O)c1ccc(O)c([N+](=O)[O-])c1. The minimum Gasteiger partial charge on any atom is -0.502 e. The molecule has 0 aliphatic rings. The molecule has 0 fully saturated rings. The van der Waals surface area contributed by atoms with Crippen molar-refractivity contribution in [2.45, 2.75) is 12.8 Å². The summed E-state index contributed by atoms with van der Waals surface area (Å²) in [7, 11) is 0. The Balaban J connectivity index is 2.92. The number of carbonyl (C=O) groups excluding carboxylic acids is 1. The maximum Gasteiger partial charge on any atom is 0.311 e. The normalized spacial score (nSPS) is 9.88. The van der Waals surface area contributed by atoms with Gasteiger partial charge in [-0.15, -0.1) is 0 Å². The fraction of sp³-hybridized carbons (Fsp3) is 0.200. The van der Waals surface area contributed by atoms with Crippen LogP contribution >= 0.6 is 0 Å². The van der Waals surface area contributed by atoms with Gasteiger partial charge in [0.15, 0.2) is 11.5 Å². The minimum atomic E-state index is -1.12. The van der Waals surface area contributed by atoms with E-state index < -0.39 is 28.1 Å². The van der Waals surface area contributed by atoms with Gasteiger partial charge in [0.1, 0.15) is 0 Å². The lowest BCUT2D eigenvalue weighted by Crippen LogP contribution is -2.04. The Bertz CT molecular complexity index is 482. The number of hydrogen-bond donors (Lipinski definition) is 2. The van der Waals surface area contributed by atoms with Crippen LogP contribution in [0.5, 0.6) is 5.75 Å². The van der Waals surface area contributed by atoms with Crippen LogP contribution in [0, 0.1) is 10.1 Å². The highest BCUT2D eigenvalue weighted by Gasteiger charge is 2.17. The van der Waals surface area contributed by atoms with Crippen LogP contribution < -0.4 is 0 Å². The van der Waals surface area contributed by atoms with Crippen LogP contribution in [0.25, 0.3) is 0 Å². The summed E-state index contributed by atoms with van der Waals surface area (Å²) in [4.78, 5) is 31.4. The maximum atomic E-state index is 11.5. The van der Waals surface area contributed by atoms with Gasteiger partial charge in [0.2, 0.25) is 0 Å². The molecule has 0 amide bonds. The Labute approximate surface area is 95.5 Å². The van der Waals surface area contributed by atoms with E-state index in [-0.39, 0.29) is 18.4 Å². The number of phenolic OH excluding ortho intramolecular Hbond substituents is 1. The van der Waals surface area contributed by atoms with Gasteiger partial charge in [-0.2, -0.15) is 0 Å². The summed E-state index contributed by atoms with van der Waals surface area (Å²) in [5.74, 6) is -2.17. The molecule has 1 rings (SSSR count). The lowest BCUT2D eigenvalue weighted by Gasteiger charge is -2.00. The van der Waals surface area contributed by atoms with E-state index in [0.29, 0.717) is 0 Å². The fourth-order valence-electron chi connectivity index (χ4n) is 1.21. The first-order valence-corrected chi connectivity index (χ1v) is 4.64. The molecule has 7 nitrogen and oxygen atoms in total. The molecule has 0 unspecified atom stereocenters. The van der Waals surface area contributed by atoms with E-state index >= 15 is 0 Å². The van der Waals surface area contributed by atoms with Crippen LogP contribution in [-0.4, -0.2) is 26.9 Å². The number of phenols is 1. The summed E-state index contributed by atoms with van der Waals surface area (Å²) in [6.07, 6.45) is -0.579. The number of aliphatic carboxylic acids is 1. The van der Waals surface area contributed by atoms with Crippen molar-refractivity contribution < 1.29 is 24.7 Å². The molecule has 0 atom stereocenters. The van der Waals surface area contributed by atoms with Gasteiger partial charge in [-0.1, -0.05) is 0 Å². The molecule has 2 N–H and O–H groups in total. The van der Waals surface area contributed by atoms with Crippen molar-refractivity contribution in [3.8, 4) is 5.75 Å². The van der Waals surface area contributed by atoms with Crippen molar-refractivity contribution in [1.82, 2.24) is 0 Å². The maximum absolute atomic E-state index is 11.5. The molecular weight excluding hydrogens is 230 g/mol. The van der Waals surface area contributed by atoms with Crippen LogP contribution in [0.4, 0.5) is 5.69 Å². The third-order valence-electron chi connectivity index (χ3n) is 2.06. The Hall–Kier alpha value is -2.44. The first kappa shape index (κ1) is 12.6. The summed E-state index contributed by atoms with van der Waals surface area (Å²) in [5.41, 5.74) is -0.568. The molecule has 0 radical (unpaired) electrons. The third kappa shape index (κ3) is 3.26. The number of Topliss-reactive ketones (excluding diaryl/α,β-unsaturated/α-hetero) is 1. The third-order valence-corrected chi connectivity index (χ3v) is 2.06. The minimum absolute atomic E-state index is 0.00995. The van der Waals surface area contributed by atoms with Crippen LogP contribution in [0.3, 0.4) is 0 Å². The lowest BCUT2D eigenvalue weighted by atomic mass is 10.1. The van der Waals surface area contributed by atoms with E-state index in [2.05, 4.69) is 0 Å². The molecule has 0 bridgehead atoms. The Morgan fingerprint density at radius 1 is 1.29 bits per heavy atom. The number of nitro benzene ring substituents is 1. The number of hydrogen-bond acceptors (Lipinski definition) is 5. The standard InChI is InChI=1S/C10H9NO6/c12-8(3-4-10(14)15)6-1-2-9(13)7(5-6)11(16)17/h1-2,5,13H,3-4H2,(H,14,15). The van der Waals surface area contributed by atoms with Gasteiger partial charge in [0, 0.05) is 18.1 Å². The molecule has 90 valence electrons. The largest absolute Gasteiger partial charge is 0.502 e. The summed E-state index contributed by atoms with van der Waals surface area (Å²) < 4.78 is 0. The molecule has 1 aromatic rings. The molecule has 0 saturated heterocycles. The number of carboxylic acids is 1. The second-order valence-electron chi connectivity index (χ2n) is 3.28. The predicted molar refractivity (Wildman–Crippen MR) is 56.0 cm³/mol. The average Bonchev–Trinajstić information content (AvgIpc) is 2.26. The molecule has 7 heteroatoms. The quantitative estimate of drug-likeness (QED) is 0.454. The van der Waals surface area contributed by atoms with Crippen molar-refractivity contribution >= 4 is 17.4 Å². The zero-order valence-corrected chi connectivity index (χ0v) is 8.62. The van der Waals surface area contributed by atoms with Crippen molar-refractivity contribution in [3.05, 3.63) is 33.9 Å². The predicted octanol–water partition coefficient (Wildman–Crippen LogP) is 1.35. The van der Waals surface area contributed by atoms with E-state index in [4.69, 9.17) is 10.2 Å². The first-order chi connectivity index (χ1) is 7.91. The van der Waals surface area contributed by atoms with Crippen LogP contribution in [0.15, 0.2) is 18.2 Å². The molecule has 0 spiro atoms. The summed E-state index contributed by atoms with van der Waals surface area (Å²) in [6.45, 7) is 0. The number of nitro groups is 1. The molecule has 0 heterocycles. The van der Waals surface area contributed by atoms with E-state index in [1.165, 1.54) is 6.07 Å². The Morgan fingerprint density at radius 3 is 2.47 bits per heavy atom. The van der Waals surface area contributed by atoms with Crippen molar-refractivity contribution in [2.75, 3.05) is 0 Å². The molecule has 0 aliphatic carbocycles. The highest BCUT2D eigenvalue weighted by atomic mass is 16.6. The average molecular weight is 239 g/mol. The van der Waals surface area contributed by atoms with Crippen molar-refractivity contribution in [1.29, 1.82) is 0 Å². The van der Waals surface area contributed by atoms with Crippen molar-refractivity contribution in [3.63, 3.8) is 0 Å². The number of benzene rings is 1. The second-order valence-corrected chi connectivity index (χ2v) is 3.28. The fourth-order valence-corrected chi connectivity index (χ4v) is 1.21. The number of aromatic hydroxyl groups is 1. The number of carbonyl (C=O) groups is 2. The van der Waals surface area contributed by atoms with E-state index in [9.17, 15) is 19.7 Å². The van der Waals surface area contributed by atoms with Crippen molar-refractivity contribution in [2.24, 2.45) is 0 Å². The summed E-state index contributed by atoms with van der Waals surface area (Å²) in [6, 6.07) is 3.18. The lowest BCUT2D eigenvalue weighted by molar-refractivity contribution is -0.385. The van der Waals surface area contributed by atoms with Crippen LogP contribution in [0.1, 0.15) is 23.2 Å².